The van der Waals surface area contributed by atoms with Gasteiger partial charge in [-0.1, -0.05) is 17.9 Å². The van der Waals surface area contributed by atoms with Crippen LogP contribution in [0, 0.1) is 18.8 Å². The Kier molecular flexibility index (Phi) is 5.02. The van der Waals surface area contributed by atoms with Crippen LogP contribution in [0.15, 0.2) is 36.7 Å². The molecule has 21 heavy (non-hydrogen) atoms. The number of pyridine rings is 2. The van der Waals surface area contributed by atoms with E-state index in [1.165, 1.54) is 6.20 Å². The molecule has 2 rings (SSSR count). The molecule has 106 valence electrons. The van der Waals surface area contributed by atoms with Gasteiger partial charge < -0.3 is 10.4 Å². The predicted molar refractivity (Wildman–Crippen MR) is 79.7 cm³/mol. The van der Waals surface area contributed by atoms with E-state index in [0.29, 0.717) is 23.5 Å². The maximum atomic E-state index is 12.1. The number of aliphatic hydroxyl groups is 1. The largest absolute Gasteiger partial charge is 0.395 e. The van der Waals surface area contributed by atoms with Crippen LogP contribution in [-0.4, -0.2) is 27.6 Å². The third kappa shape index (κ3) is 4.13. The summed E-state index contributed by atoms with van der Waals surface area (Å²) in [5.74, 6) is 5.86. The number of aliphatic hydroxyl groups excluding tert-OH is 1. The molecule has 0 unspecified atom stereocenters. The highest BCUT2D eigenvalue weighted by atomic mass is 16.2. The number of nitrogens with one attached hydrogen (secondary N) is 1. The summed E-state index contributed by atoms with van der Waals surface area (Å²) in [6.45, 7) is 1.90. The fourth-order valence-corrected chi connectivity index (χ4v) is 1.61. The molecule has 0 atom stereocenters. The Morgan fingerprint density at radius 3 is 2.86 bits per heavy atom. The second kappa shape index (κ2) is 7.17. The Balaban J connectivity index is 2.07. The first-order valence-corrected chi connectivity index (χ1v) is 6.49. The lowest BCUT2D eigenvalue weighted by Gasteiger charge is -2.06. The minimum absolute atomic E-state index is 0.0321. The Labute approximate surface area is 123 Å². The third-order valence-corrected chi connectivity index (χ3v) is 2.71. The van der Waals surface area contributed by atoms with Gasteiger partial charge in [-0.3, -0.25) is 4.79 Å². The molecule has 0 saturated carbocycles. The number of amides is 1. The fourth-order valence-electron chi connectivity index (χ4n) is 1.61. The molecule has 0 spiro atoms. The Morgan fingerprint density at radius 2 is 2.19 bits per heavy atom. The minimum Gasteiger partial charge on any atom is -0.395 e. The SMILES string of the molecule is Cc1cccnc1NC(=O)c1ccc(C#CCCO)cn1. The van der Waals surface area contributed by atoms with Crippen LogP contribution in [-0.2, 0) is 0 Å². The average molecular weight is 281 g/mol. The number of aromatic nitrogens is 2. The summed E-state index contributed by atoms with van der Waals surface area (Å²) in [4.78, 5) is 20.2. The molecule has 0 saturated heterocycles. The first kappa shape index (κ1) is 14.7. The lowest BCUT2D eigenvalue weighted by atomic mass is 10.2. The van der Waals surface area contributed by atoms with Crippen LogP contribution < -0.4 is 5.32 Å². The van der Waals surface area contributed by atoms with Gasteiger partial charge in [-0.05, 0) is 30.7 Å². The molecule has 2 heterocycles. The summed E-state index contributed by atoms with van der Waals surface area (Å²) < 4.78 is 0. The summed E-state index contributed by atoms with van der Waals surface area (Å²) in [6.07, 6.45) is 3.57. The molecule has 5 nitrogen and oxygen atoms in total. The molecule has 1 amide bonds. The van der Waals surface area contributed by atoms with Gasteiger partial charge in [0.05, 0.1) is 6.61 Å². The quantitative estimate of drug-likeness (QED) is 0.841. The van der Waals surface area contributed by atoms with E-state index >= 15 is 0 Å². The molecule has 2 aromatic rings. The van der Waals surface area contributed by atoms with E-state index < -0.39 is 0 Å². The number of rotatable bonds is 3. The second-order valence-corrected chi connectivity index (χ2v) is 4.33. The molecule has 0 fully saturated rings. The van der Waals surface area contributed by atoms with E-state index in [1.807, 2.05) is 19.1 Å². The molecule has 0 aliphatic heterocycles. The molecule has 2 aromatic heterocycles. The Morgan fingerprint density at radius 1 is 1.33 bits per heavy atom. The lowest BCUT2D eigenvalue weighted by Crippen LogP contribution is -2.15. The first-order valence-electron chi connectivity index (χ1n) is 6.49. The molecule has 0 radical (unpaired) electrons. The smallest absolute Gasteiger partial charge is 0.275 e. The molecular formula is C16H15N3O2. The van der Waals surface area contributed by atoms with Crippen molar-refractivity contribution in [1.29, 1.82) is 0 Å². The van der Waals surface area contributed by atoms with E-state index in [2.05, 4.69) is 27.1 Å². The van der Waals surface area contributed by atoms with Crippen LogP contribution in [0.2, 0.25) is 0 Å². The van der Waals surface area contributed by atoms with Gasteiger partial charge in [-0.25, -0.2) is 9.97 Å². The van der Waals surface area contributed by atoms with Crippen LogP contribution in [0.25, 0.3) is 0 Å². The van der Waals surface area contributed by atoms with Crippen LogP contribution in [0.1, 0.15) is 28.0 Å². The maximum Gasteiger partial charge on any atom is 0.275 e. The fraction of sp³-hybridized carbons (Fsp3) is 0.188. The summed E-state index contributed by atoms with van der Waals surface area (Å²) in [5, 5.41) is 11.4. The van der Waals surface area contributed by atoms with Crippen molar-refractivity contribution in [1.82, 2.24) is 9.97 Å². The van der Waals surface area contributed by atoms with Crippen molar-refractivity contribution in [2.24, 2.45) is 0 Å². The molecule has 2 N–H and O–H groups in total. The van der Waals surface area contributed by atoms with Crippen LogP contribution >= 0.6 is 0 Å². The number of anilines is 1. The molecule has 0 aliphatic rings. The summed E-state index contributed by atoms with van der Waals surface area (Å²) in [6, 6.07) is 7.01. The van der Waals surface area contributed by atoms with Gasteiger partial charge >= 0.3 is 0 Å². The van der Waals surface area contributed by atoms with Gasteiger partial charge in [0.1, 0.15) is 11.5 Å². The first-order chi connectivity index (χ1) is 10.2. The van der Waals surface area contributed by atoms with Gasteiger partial charge in [0.15, 0.2) is 0 Å². The zero-order valence-electron chi connectivity index (χ0n) is 11.6. The number of nitrogens with zero attached hydrogens (tertiary/aromatic N) is 2. The van der Waals surface area contributed by atoms with Gasteiger partial charge in [-0.15, -0.1) is 0 Å². The van der Waals surface area contributed by atoms with Crippen molar-refractivity contribution in [3.8, 4) is 11.8 Å². The van der Waals surface area contributed by atoms with E-state index in [9.17, 15) is 4.79 Å². The zero-order valence-corrected chi connectivity index (χ0v) is 11.6. The van der Waals surface area contributed by atoms with E-state index in [1.54, 1.807) is 18.3 Å². The maximum absolute atomic E-state index is 12.1. The van der Waals surface area contributed by atoms with Crippen LogP contribution in [0.3, 0.4) is 0 Å². The summed E-state index contributed by atoms with van der Waals surface area (Å²) in [5.41, 5.74) is 1.89. The van der Waals surface area contributed by atoms with Crippen molar-refractivity contribution in [2.75, 3.05) is 11.9 Å². The number of hydrogen-bond acceptors (Lipinski definition) is 4. The van der Waals surface area contributed by atoms with Crippen LogP contribution in [0.5, 0.6) is 0 Å². The topological polar surface area (TPSA) is 75.1 Å². The third-order valence-electron chi connectivity index (χ3n) is 2.71. The average Bonchev–Trinajstić information content (AvgIpc) is 2.50. The van der Waals surface area contributed by atoms with Crippen LogP contribution in [0.4, 0.5) is 5.82 Å². The minimum atomic E-state index is -0.313. The van der Waals surface area contributed by atoms with Crippen molar-refractivity contribution in [3.63, 3.8) is 0 Å². The zero-order chi connectivity index (χ0) is 15.1. The molecule has 0 aromatic carbocycles. The molecule has 0 bridgehead atoms. The molecule has 0 aliphatic carbocycles. The Hall–Kier alpha value is -2.71. The van der Waals surface area contributed by atoms with E-state index in [-0.39, 0.29) is 12.5 Å². The van der Waals surface area contributed by atoms with Gasteiger partial charge in [-0.2, -0.15) is 0 Å². The van der Waals surface area contributed by atoms with Crippen molar-refractivity contribution < 1.29 is 9.90 Å². The predicted octanol–water partition coefficient (Wildman–Crippen LogP) is 1.77. The number of carbonyl (C=O) groups excluding carboxylic acids is 1. The number of carbonyl (C=O) groups is 1. The van der Waals surface area contributed by atoms with E-state index in [4.69, 9.17) is 5.11 Å². The highest BCUT2D eigenvalue weighted by molar-refractivity contribution is 6.02. The van der Waals surface area contributed by atoms with Gasteiger partial charge in [0, 0.05) is 24.4 Å². The standard InChI is InChI=1S/C16H15N3O2/c1-12-5-4-9-17-15(12)19-16(21)14-8-7-13(11-18-14)6-2-3-10-20/h4-5,7-9,11,20H,3,10H2,1H3,(H,17,19,21). The summed E-state index contributed by atoms with van der Waals surface area (Å²) in [7, 11) is 0. The lowest BCUT2D eigenvalue weighted by molar-refractivity contribution is 0.102. The van der Waals surface area contributed by atoms with Crippen molar-refractivity contribution in [2.45, 2.75) is 13.3 Å². The second-order valence-electron chi connectivity index (χ2n) is 4.33. The highest BCUT2D eigenvalue weighted by Gasteiger charge is 2.09. The van der Waals surface area contributed by atoms with Gasteiger partial charge in [0.25, 0.3) is 5.91 Å². The highest BCUT2D eigenvalue weighted by Crippen LogP contribution is 2.10. The van der Waals surface area contributed by atoms with Gasteiger partial charge in [0.2, 0.25) is 0 Å². The molecule has 5 heteroatoms. The van der Waals surface area contributed by atoms with E-state index in [0.717, 1.165) is 5.56 Å². The number of aryl methyl sites for hydroxylation is 1. The Bertz CT molecular complexity index is 685. The normalized spacial score (nSPS) is 9.62. The summed E-state index contributed by atoms with van der Waals surface area (Å²) >= 11 is 0. The van der Waals surface area contributed by atoms with Crippen molar-refractivity contribution in [3.05, 3.63) is 53.5 Å². The molecular weight excluding hydrogens is 266 g/mol. The monoisotopic (exact) mass is 281 g/mol. The number of hydrogen-bond donors (Lipinski definition) is 2. The van der Waals surface area contributed by atoms with Crippen molar-refractivity contribution >= 4 is 11.7 Å².